The van der Waals surface area contributed by atoms with Crippen molar-refractivity contribution < 1.29 is 4.74 Å². The van der Waals surface area contributed by atoms with Gasteiger partial charge in [0.2, 0.25) is 0 Å². The second-order valence-electron chi connectivity index (χ2n) is 6.92. The van der Waals surface area contributed by atoms with E-state index < -0.39 is 0 Å². The molecular formula is C17H26N8O. The molecule has 0 amide bonds. The minimum atomic E-state index is 0.433. The zero-order valence-corrected chi connectivity index (χ0v) is 15.0. The van der Waals surface area contributed by atoms with Crippen molar-refractivity contribution in [3.63, 3.8) is 0 Å². The largest absolute Gasteiger partial charge is 0.378 e. The highest BCUT2D eigenvalue weighted by molar-refractivity contribution is 5.50. The monoisotopic (exact) mass is 358 g/mol. The maximum absolute atomic E-state index is 5.62. The van der Waals surface area contributed by atoms with Crippen molar-refractivity contribution in [3.05, 3.63) is 24.3 Å². The standard InChI is InChI=1S/C17H26N8O/c18-9-15-12-25(22-21-15)11-14-2-1-3-24(10-14)17-8-16(19-13-20-17)23-4-6-26-7-5-23/h8,12-14H,1-7,9-11,18H2. The average Bonchev–Trinajstić information content (AvgIpc) is 3.16. The van der Waals surface area contributed by atoms with Crippen molar-refractivity contribution in [1.29, 1.82) is 0 Å². The molecule has 0 spiro atoms. The minimum absolute atomic E-state index is 0.433. The van der Waals surface area contributed by atoms with Gasteiger partial charge in [0.25, 0.3) is 0 Å². The molecular weight excluding hydrogens is 332 g/mol. The van der Waals surface area contributed by atoms with Gasteiger partial charge in [-0.2, -0.15) is 0 Å². The molecule has 9 heteroatoms. The summed E-state index contributed by atoms with van der Waals surface area (Å²) in [7, 11) is 0. The Balaban J connectivity index is 1.42. The quantitative estimate of drug-likeness (QED) is 0.814. The fourth-order valence-electron chi connectivity index (χ4n) is 3.68. The van der Waals surface area contributed by atoms with E-state index in [0.717, 1.165) is 69.7 Å². The van der Waals surface area contributed by atoms with E-state index in [1.54, 1.807) is 6.33 Å². The van der Waals surface area contributed by atoms with Crippen molar-refractivity contribution in [1.82, 2.24) is 25.0 Å². The molecule has 2 N–H and O–H groups in total. The van der Waals surface area contributed by atoms with E-state index in [1.165, 1.54) is 6.42 Å². The van der Waals surface area contributed by atoms with Crippen LogP contribution < -0.4 is 15.5 Å². The van der Waals surface area contributed by atoms with Crippen LogP contribution in [0.15, 0.2) is 18.6 Å². The molecule has 2 fully saturated rings. The van der Waals surface area contributed by atoms with Crippen LogP contribution in [0.5, 0.6) is 0 Å². The number of nitrogens with two attached hydrogens (primary N) is 1. The second kappa shape index (κ2) is 7.96. The fourth-order valence-corrected chi connectivity index (χ4v) is 3.68. The summed E-state index contributed by atoms with van der Waals surface area (Å²) in [6, 6.07) is 2.11. The lowest BCUT2D eigenvalue weighted by molar-refractivity contribution is 0.122. The molecule has 0 radical (unpaired) electrons. The molecule has 0 aliphatic carbocycles. The van der Waals surface area contributed by atoms with Gasteiger partial charge in [0, 0.05) is 51.5 Å². The molecule has 4 heterocycles. The normalized spacial score (nSPS) is 21.2. The molecule has 0 saturated carbocycles. The van der Waals surface area contributed by atoms with E-state index in [2.05, 4.69) is 36.1 Å². The Morgan fingerprint density at radius 2 is 1.92 bits per heavy atom. The summed E-state index contributed by atoms with van der Waals surface area (Å²) in [5.74, 6) is 2.52. The summed E-state index contributed by atoms with van der Waals surface area (Å²) in [4.78, 5) is 13.6. The van der Waals surface area contributed by atoms with Gasteiger partial charge in [-0.15, -0.1) is 5.10 Å². The van der Waals surface area contributed by atoms with Crippen molar-refractivity contribution >= 4 is 11.6 Å². The maximum atomic E-state index is 5.62. The van der Waals surface area contributed by atoms with Gasteiger partial charge in [-0.05, 0) is 18.8 Å². The van der Waals surface area contributed by atoms with E-state index in [9.17, 15) is 0 Å². The number of anilines is 2. The molecule has 2 aromatic rings. The van der Waals surface area contributed by atoms with Crippen molar-refractivity contribution in [2.24, 2.45) is 11.7 Å². The fraction of sp³-hybridized carbons (Fsp3) is 0.647. The lowest BCUT2D eigenvalue weighted by Gasteiger charge is -2.34. The van der Waals surface area contributed by atoms with E-state index >= 15 is 0 Å². The summed E-state index contributed by atoms with van der Waals surface area (Å²) in [5, 5.41) is 8.26. The number of hydrogen-bond donors (Lipinski definition) is 1. The van der Waals surface area contributed by atoms with Gasteiger partial charge in [0.1, 0.15) is 18.0 Å². The number of nitrogens with zero attached hydrogens (tertiary/aromatic N) is 7. The van der Waals surface area contributed by atoms with Gasteiger partial charge in [0.05, 0.1) is 18.9 Å². The van der Waals surface area contributed by atoms with Crippen LogP contribution in [0, 0.1) is 5.92 Å². The summed E-state index contributed by atoms with van der Waals surface area (Å²) >= 11 is 0. The predicted molar refractivity (Wildman–Crippen MR) is 97.9 cm³/mol. The number of aromatic nitrogens is 5. The summed E-state index contributed by atoms with van der Waals surface area (Å²) in [6.07, 6.45) is 5.96. The summed E-state index contributed by atoms with van der Waals surface area (Å²) in [6.45, 7) is 6.58. The Morgan fingerprint density at radius 1 is 1.12 bits per heavy atom. The van der Waals surface area contributed by atoms with Crippen LogP contribution in [0.2, 0.25) is 0 Å². The van der Waals surface area contributed by atoms with E-state index in [-0.39, 0.29) is 0 Å². The van der Waals surface area contributed by atoms with Crippen LogP contribution in [0.3, 0.4) is 0 Å². The SMILES string of the molecule is NCc1cn(CC2CCCN(c3cc(N4CCOCC4)ncn3)C2)nn1. The Bertz CT molecular complexity index is 714. The van der Waals surface area contributed by atoms with Crippen molar-refractivity contribution in [2.45, 2.75) is 25.9 Å². The molecule has 2 aromatic heterocycles. The van der Waals surface area contributed by atoms with Crippen LogP contribution in [-0.2, 0) is 17.8 Å². The lowest BCUT2D eigenvalue weighted by atomic mass is 9.98. The topological polar surface area (TPSA) is 98.2 Å². The molecule has 1 unspecified atom stereocenters. The highest BCUT2D eigenvalue weighted by atomic mass is 16.5. The lowest BCUT2D eigenvalue weighted by Crippen LogP contribution is -2.39. The summed E-state index contributed by atoms with van der Waals surface area (Å²) < 4.78 is 7.34. The highest BCUT2D eigenvalue weighted by Gasteiger charge is 2.23. The zero-order valence-electron chi connectivity index (χ0n) is 15.0. The first-order chi connectivity index (χ1) is 12.8. The summed E-state index contributed by atoms with van der Waals surface area (Å²) in [5.41, 5.74) is 6.46. The predicted octanol–water partition coefficient (Wildman–Crippen LogP) is 0.280. The molecule has 4 rings (SSSR count). The first-order valence-electron chi connectivity index (χ1n) is 9.30. The molecule has 26 heavy (non-hydrogen) atoms. The molecule has 1 atom stereocenters. The Kier molecular flexibility index (Phi) is 5.26. The third kappa shape index (κ3) is 3.94. The highest BCUT2D eigenvalue weighted by Crippen LogP contribution is 2.25. The van der Waals surface area contributed by atoms with Gasteiger partial charge < -0.3 is 20.3 Å². The van der Waals surface area contributed by atoms with Gasteiger partial charge in [-0.3, -0.25) is 4.68 Å². The van der Waals surface area contributed by atoms with Crippen LogP contribution in [-0.4, -0.2) is 64.4 Å². The molecule has 2 aliphatic heterocycles. The van der Waals surface area contributed by atoms with Gasteiger partial charge in [-0.1, -0.05) is 5.21 Å². The van der Waals surface area contributed by atoms with Crippen LogP contribution in [0.25, 0.3) is 0 Å². The van der Waals surface area contributed by atoms with E-state index in [1.807, 2.05) is 10.9 Å². The third-order valence-electron chi connectivity index (χ3n) is 5.06. The number of hydrogen-bond acceptors (Lipinski definition) is 8. The van der Waals surface area contributed by atoms with Crippen LogP contribution in [0.4, 0.5) is 11.6 Å². The Labute approximate surface area is 153 Å². The zero-order chi connectivity index (χ0) is 17.8. The number of morpholine rings is 1. The molecule has 140 valence electrons. The van der Waals surface area contributed by atoms with Crippen LogP contribution >= 0.6 is 0 Å². The number of piperidine rings is 1. The van der Waals surface area contributed by atoms with E-state index in [0.29, 0.717) is 12.5 Å². The first kappa shape index (κ1) is 17.2. The van der Waals surface area contributed by atoms with Gasteiger partial charge in [0.15, 0.2) is 0 Å². The molecule has 0 bridgehead atoms. The molecule has 2 aliphatic rings. The van der Waals surface area contributed by atoms with E-state index in [4.69, 9.17) is 10.5 Å². The van der Waals surface area contributed by atoms with Crippen LogP contribution in [0.1, 0.15) is 18.5 Å². The second-order valence-corrected chi connectivity index (χ2v) is 6.92. The van der Waals surface area contributed by atoms with Gasteiger partial charge in [-0.25, -0.2) is 9.97 Å². The van der Waals surface area contributed by atoms with Crippen molar-refractivity contribution in [3.8, 4) is 0 Å². The minimum Gasteiger partial charge on any atom is -0.378 e. The molecule has 0 aromatic carbocycles. The molecule has 2 saturated heterocycles. The molecule has 9 nitrogen and oxygen atoms in total. The third-order valence-corrected chi connectivity index (χ3v) is 5.06. The average molecular weight is 358 g/mol. The van der Waals surface area contributed by atoms with Gasteiger partial charge >= 0.3 is 0 Å². The van der Waals surface area contributed by atoms with Crippen molar-refractivity contribution in [2.75, 3.05) is 49.2 Å². The Hall–Kier alpha value is -2.26. The smallest absolute Gasteiger partial charge is 0.134 e. The first-order valence-corrected chi connectivity index (χ1v) is 9.30. The number of ether oxygens (including phenoxy) is 1. The Morgan fingerprint density at radius 3 is 2.69 bits per heavy atom. The number of rotatable bonds is 5. The maximum Gasteiger partial charge on any atom is 0.134 e.